The number of nitrogens with zero attached hydrogens (tertiary/aromatic N) is 2. The van der Waals surface area contributed by atoms with Gasteiger partial charge in [0.25, 0.3) is 0 Å². The molecule has 3 aromatic carbocycles. The van der Waals surface area contributed by atoms with Crippen molar-refractivity contribution < 1.29 is 4.74 Å². The summed E-state index contributed by atoms with van der Waals surface area (Å²) in [6, 6.07) is 23.8. The second kappa shape index (κ2) is 7.34. The van der Waals surface area contributed by atoms with Gasteiger partial charge in [0.1, 0.15) is 5.75 Å². The van der Waals surface area contributed by atoms with Gasteiger partial charge in [0.2, 0.25) is 6.23 Å². The molecule has 0 aromatic heterocycles. The zero-order chi connectivity index (χ0) is 20.0. The minimum Gasteiger partial charge on any atom is -0.464 e. The molecule has 0 bridgehead atoms. The number of fused-ring (bicyclic) bond motifs is 3. The van der Waals surface area contributed by atoms with Crippen molar-refractivity contribution in [3.8, 4) is 5.75 Å². The van der Waals surface area contributed by atoms with E-state index in [-0.39, 0.29) is 12.3 Å². The summed E-state index contributed by atoms with van der Waals surface area (Å²) in [4.78, 5) is 0. The normalized spacial score (nSPS) is 20.0. The van der Waals surface area contributed by atoms with Crippen molar-refractivity contribution in [2.24, 2.45) is 5.10 Å². The Labute approximate surface area is 180 Å². The molecule has 3 aromatic rings. The highest BCUT2D eigenvalue weighted by Gasteiger charge is 2.41. The molecule has 0 unspecified atom stereocenters. The van der Waals surface area contributed by atoms with Crippen LogP contribution >= 0.6 is 15.9 Å². The highest BCUT2D eigenvalue weighted by atomic mass is 79.9. The van der Waals surface area contributed by atoms with Crippen molar-refractivity contribution in [3.05, 3.63) is 99.0 Å². The van der Waals surface area contributed by atoms with Crippen LogP contribution in [0.2, 0.25) is 0 Å². The molecular weight excluding hydrogens is 424 g/mol. The van der Waals surface area contributed by atoms with E-state index in [1.807, 2.05) is 6.07 Å². The topological polar surface area (TPSA) is 24.8 Å². The van der Waals surface area contributed by atoms with Crippen molar-refractivity contribution in [1.82, 2.24) is 5.01 Å². The van der Waals surface area contributed by atoms with E-state index in [0.29, 0.717) is 0 Å². The Morgan fingerprint density at radius 3 is 2.52 bits per heavy atom. The second-order valence-electron chi connectivity index (χ2n) is 7.76. The van der Waals surface area contributed by atoms with Crippen LogP contribution in [0.1, 0.15) is 53.4 Å². The van der Waals surface area contributed by atoms with Gasteiger partial charge in [-0.3, -0.25) is 0 Å². The van der Waals surface area contributed by atoms with Crippen molar-refractivity contribution in [3.63, 3.8) is 0 Å². The van der Waals surface area contributed by atoms with Crippen LogP contribution in [0, 0.1) is 6.92 Å². The Morgan fingerprint density at radius 2 is 1.79 bits per heavy atom. The summed E-state index contributed by atoms with van der Waals surface area (Å²) in [6.45, 7) is 4.29. The molecule has 2 aliphatic rings. The summed E-state index contributed by atoms with van der Waals surface area (Å²) < 4.78 is 7.51. The third-order valence-corrected chi connectivity index (χ3v) is 6.30. The van der Waals surface area contributed by atoms with Crippen molar-refractivity contribution in [1.29, 1.82) is 0 Å². The largest absolute Gasteiger partial charge is 0.464 e. The van der Waals surface area contributed by atoms with E-state index in [1.165, 1.54) is 22.3 Å². The van der Waals surface area contributed by atoms with Crippen LogP contribution in [0.5, 0.6) is 5.75 Å². The fourth-order valence-corrected chi connectivity index (χ4v) is 4.50. The van der Waals surface area contributed by atoms with Crippen LogP contribution in [-0.2, 0) is 6.42 Å². The number of aryl methyl sites for hydroxylation is 2. The van der Waals surface area contributed by atoms with Gasteiger partial charge in [0.15, 0.2) is 0 Å². The van der Waals surface area contributed by atoms with Crippen LogP contribution in [0.4, 0.5) is 0 Å². The van der Waals surface area contributed by atoms with Gasteiger partial charge in [-0.1, -0.05) is 76.9 Å². The number of rotatable bonds is 3. The first kappa shape index (κ1) is 18.4. The molecule has 4 heteroatoms. The van der Waals surface area contributed by atoms with Crippen LogP contribution < -0.4 is 4.74 Å². The summed E-state index contributed by atoms with van der Waals surface area (Å²) >= 11 is 3.62. The molecule has 2 atom stereocenters. The SMILES string of the molecule is CCc1ccc(C2=NN3[C@H](C2)c2cc(Br)ccc2O[C@@H]3c2ccc(C)cc2)cc1. The number of benzene rings is 3. The summed E-state index contributed by atoms with van der Waals surface area (Å²) in [5.41, 5.74) is 7.21. The maximum absolute atomic E-state index is 6.45. The van der Waals surface area contributed by atoms with Gasteiger partial charge < -0.3 is 4.74 Å². The van der Waals surface area contributed by atoms with Crippen LogP contribution in [-0.4, -0.2) is 10.7 Å². The average molecular weight is 447 g/mol. The molecular formula is C25H23BrN2O. The molecule has 29 heavy (non-hydrogen) atoms. The Kier molecular flexibility index (Phi) is 4.67. The van der Waals surface area contributed by atoms with Gasteiger partial charge in [-0.2, -0.15) is 5.10 Å². The first-order chi connectivity index (χ1) is 14.1. The van der Waals surface area contributed by atoms with Crippen LogP contribution in [0.15, 0.2) is 76.3 Å². The molecule has 0 spiro atoms. The van der Waals surface area contributed by atoms with Crippen molar-refractivity contribution in [2.45, 2.75) is 39.0 Å². The van der Waals surface area contributed by atoms with E-state index >= 15 is 0 Å². The molecule has 0 saturated heterocycles. The van der Waals surface area contributed by atoms with E-state index < -0.39 is 0 Å². The Morgan fingerprint density at radius 1 is 1.03 bits per heavy atom. The number of hydrogen-bond acceptors (Lipinski definition) is 3. The fourth-order valence-electron chi connectivity index (χ4n) is 4.12. The lowest BCUT2D eigenvalue weighted by Gasteiger charge is -2.38. The Balaban J connectivity index is 1.57. The minimum absolute atomic E-state index is 0.170. The standard InChI is InChI=1S/C25H23BrN2O/c1-3-17-6-10-18(11-7-17)22-15-23-21-14-20(26)12-13-24(21)29-25(28(23)27-22)19-8-4-16(2)5-9-19/h4-14,23,25H,3,15H2,1-2H3/t23-,25-/m1/s1. The summed E-state index contributed by atoms with van der Waals surface area (Å²) in [5, 5.41) is 7.20. The molecule has 0 radical (unpaired) electrons. The highest BCUT2D eigenvalue weighted by molar-refractivity contribution is 9.10. The molecule has 5 rings (SSSR count). The van der Waals surface area contributed by atoms with E-state index in [9.17, 15) is 0 Å². The third-order valence-electron chi connectivity index (χ3n) is 5.81. The predicted molar refractivity (Wildman–Crippen MR) is 120 cm³/mol. The number of halogens is 1. The van der Waals surface area contributed by atoms with Gasteiger partial charge in [-0.05, 0) is 42.7 Å². The maximum Gasteiger partial charge on any atom is 0.213 e. The smallest absolute Gasteiger partial charge is 0.213 e. The lowest BCUT2D eigenvalue weighted by molar-refractivity contribution is -0.0190. The summed E-state index contributed by atoms with van der Waals surface area (Å²) in [6.07, 6.45) is 1.70. The first-order valence-corrected chi connectivity index (χ1v) is 10.9. The molecule has 0 aliphatic carbocycles. The van der Waals surface area contributed by atoms with Gasteiger partial charge in [0.05, 0.1) is 11.8 Å². The maximum atomic E-state index is 6.45. The molecule has 0 amide bonds. The summed E-state index contributed by atoms with van der Waals surface area (Å²) in [7, 11) is 0. The molecule has 2 aliphatic heterocycles. The molecule has 0 N–H and O–H groups in total. The first-order valence-electron chi connectivity index (χ1n) is 10.1. The number of hydrazone groups is 1. The van der Waals surface area contributed by atoms with Gasteiger partial charge in [-0.15, -0.1) is 0 Å². The second-order valence-corrected chi connectivity index (χ2v) is 8.68. The van der Waals surface area contributed by atoms with E-state index in [4.69, 9.17) is 9.84 Å². The quantitative estimate of drug-likeness (QED) is 0.454. The highest BCUT2D eigenvalue weighted by Crippen LogP contribution is 2.48. The van der Waals surface area contributed by atoms with Crippen LogP contribution in [0.3, 0.4) is 0 Å². The van der Waals surface area contributed by atoms with Crippen LogP contribution in [0.25, 0.3) is 0 Å². The van der Waals surface area contributed by atoms with Gasteiger partial charge in [-0.25, -0.2) is 5.01 Å². The minimum atomic E-state index is -0.221. The van der Waals surface area contributed by atoms with Crippen molar-refractivity contribution in [2.75, 3.05) is 0 Å². The third kappa shape index (κ3) is 3.36. The van der Waals surface area contributed by atoms with Gasteiger partial charge in [0, 0.05) is 22.0 Å². The van der Waals surface area contributed by atoms with E-state index in [1.54, 1.807) is 0 Å². The molecule has 146 valence electrons. The molecule has 0 saturated carbocycles. The zero-order valence-electron chi connectivity index (χ0n) is 16.6. The molecule has 2 heterocycles. The molecule has 3 nitrogen and oxygen atoms in total. The Hall–Kier alpha value is -2.59. The van der Waals surface area contributed by atoms with E-state index in [2.05, 4.69) is 95.5 Å². The predicted octanol–water partition coefficient (Wildman–Crippen LogP) is 6.56. The lowest BCUT2D eigenvalue weighted by atomic mass is 9.95. The number of hydrogen-bond donors (Lipinski definition) is 0. The van der Waals surface area contributed by atoms with Gasteiger partial charge >= 0.3 is 0 Å². The average Bonchev–Trinajstić information content (AvgIpc) is 3.20. The zero-order valence-corrected chi connectivity index (χ0v) is 18.2. The number of ether oxygens (including phenoxy) is 1. The van der Waals surface area contributed by atoms with E-state index in [0.717, 1.165) is 34.3 Å². The molecule has 0 fully saturated rings. The van der Waals surface area contributed by atoms with Crippen molar-refractivity contribution >= 4 is 21.6 Å². The Bertz CT molecular complexity index is 1070. The monoisotopic (exact) mass is 446 g/mol. The lowest BCUT2D eigenvalue weighted by Crippen LogP contribution is -2.33. The summed E-state index contributed by atoms with van der Waals surface area (Å²) in [5.74, 6) is 0.942. The fraction of sp³-hybridized carbons (Fsp3) is 0.240.